The summed E-state index contributed by atoms with van der Waals surface area (Å²) < 4.78 is 26.9. The molecule has 2 aromatic carbocycles. The summed E-state index contributed by atoms with van der Waals surface area (Å²) in [5, 5.41) is 2.84. The van der Waals surface area contributed by atoms with Gasteiger partial charge >= 0.3 is 0 Å². The van der Waals surface area contributed by atoms with E-state index in [-0.39, 0.29) is 22.9 Å². The summed E-state index contributed by atoms with van der Waals surface area (Å²) in [5.74, 6) is -0.148. The van der Waals surface area contributed by atoms with E-state index < -0.39 is 10.0 Å². The zero-order chi connectivity index (χ0) is 20.9. The van der Waals surface area contributed by atoms with Crippen LogP contribution in [0.4, 0.5) is 5.69 Å². The minimum atomic E-state index is -3.54. The molecule has 0 aliphatic rings. The highest BCUT2D eigenvalue weighted by Crippen LogP contribution is 2.16. The number of anilines is 1. The van der Waals surface area contributed by atoms with Gasteiger partial charge in [-0.15, -0.1) is 0 Å². The molecule has 0 heterocycles. The number of benzene rings is 2. The van der Waals surface area contributed by atoms with Gasteiger partial charge in [-0.2, -0.15) is 0 Å². The first-order chi connectivity index (χ1) is 13.1. The van der Waals surface area contributed by atoms with Gasteiger partial charge < -0.3 is 5.32 Å². The molecular formula is C21H29N3O3S. The molecule has 7 heteroatoms. The molecule has 1 atom stereocenters. The van der Waals surface area contributed by atoms with Gasteiger partial charge in [-0.25, -0.2) is 13.1 Å². The van der Waals surface area contributed by atoms with Crippen LogP contribution in [0, 0.1) is 6.92 Å². The molecule has 6 nitrogen and oxygen atoms in total. The van der Waals surface area contributed by atoms with Crippen LogP contribution in [0.5, 0.6) is 0 Å². The number of likely N-dealkylation sites (N-methyl/N-ethyl adjacent to an activating group) is 1. The molecule has 0 aromatic heterocycles. The van der Waals surface area contributed by atoms with E-state index in [1.54, 1.807) is 26.0 Å². The third-order valence-corrected chi connectivity index (χ3v) is 6.09. The number of nitrogens with one attached hydrogen (secondary N) is 2. The van der Waals surface area contributed by atoms with E-state index in [2.05, 4.69) is 34.3 Å². The van der Waals surface area contributed by atoms with E-state index in [0.29, 0.717) is 12.2 Å². The highest BCUT2D eigenvalue weighted by molar-refractivity contribution is 7.89. The molecule has 2 rings (SSSR count). The Balaban J connectivity index is 1.98. The normalized spacial score (nSPS) is 13.0. The third kappa shape index (κ3) is 6.15. The van der Waals surface area contributed by atoms with Crippen molar-refractivity contribution in [2.24, 2.45) is 0 Å². The van der Waals surface area contributed by atoms with Crippen LogP contribution < -0.4 is 10.0 Å². The van der Waals surface area contributed by atoms with Gasteiger partial charge in [0.15, 0.2) is 0 Å². The van der Waals surface area contributed by atoms with E-state index in [9.17, 15) is 13.2 Å². The Kier molecular flexibility index (Phi) is 7.35. The molecule has 1 amide bonds. The minimum absolute atomic E-state index is 0.148. The smallest absolute Gasteiger partial charge is 0.241 e. The molecule has 0 bridgehead atoms. The standard InChI is InChI=1S/C21H29N3O3S/c1-15(2)23-28(26,27)20-12-10-19(11-13-20)22-21(25)17(4)24(5)14-18-8-6-16(3)7-9-18/h6-13,15,17,23H,14H2,1-5H3,(H,22,25)/t17-/m1/s1. The monoisotopic (exact) mass is 403 g/mol. The van der Waals surface area contributed by atoms with Crippen molar-refractivity contribution in [3.05, 3.63) is 59.7 Å². The summed E-state index contributed by atoms with van der Waals surface area (Å²) in [7, 11) is -1.64. The predicted molar refractivity (Wildman–Crippen MR) is 113 cm³/mol. The molecule has 0 aliphatic carbocycles. The summed E-state index contributed by atoms with van der Waals surface area (Å²) in [6.07, 6.45) is 0. The molecule has 0 unspecified atom stereocenters. The fraction of sp³-hybridized carbons (Fsp3) is 0.381. The van der Waals surface area contributed by atoms with Crippen molar-refractivity contribution in [2.45, 2.75) is 51.2 Å². The van der Waals surface area contributed by atoms with Crippen LogP contribution >= 0.6 is 0 Å². The lowest BCUT2D eigenvalue weighted by atomic mass is 10.1. The van der Waals surface area contributed by atoms with Gasteiger partial charge in [-0.1, -0.05) is 29.8 Å². The molecule has 152 valence electrons. The van der Waals surface area contributed by atoms with Gasteiger partial charge in [0.05, 0.1) is 10.9 Å². The first-order valence-corrected chi connectivity index (χ1v) is 10.8. The maximum absolute atomic E-state index is 12.5. The molecule has 0 aliphatic heterocycles. The molecule has 0 saturated carbocycles. The first-order valence-electron chi connectivity index (χ1n) is 9.27. The van der Waals surface area contributed by atoms with Crippen LogP contribution in [0.2, 0.25) is 0 Å². The number of aryl methyl sites for hydroxylation is 1. The highest BCUT2D eigenvalue weighted by atomic mass is 32.2. The van der Waals surface area contributed by atoms with Gasteiger partial charge in [0, 0.05) is 18.3 Å². The molecule has 0 saturated heterocycles. The number of nitrogens with zero attached hydrogens (tertiary/aromatic N) is 1. The Morgan fingerprint density at radius 1 is 1.00 bits per heavy atom. The largest absolute Gasteiger partial charge is 0.325 e. The number of carbonyl (C=O) groups excluding carboxylic acids is 1. The zero-order valence-electron chi connectivity index (χ0n) is 17.1. The summed E-state index contributed by atoms with van der Waals surface area (Å²) in [4.78, 5) is 14.7. The fourth-order valence-electron chi connectivity index (χ4n) is 2.66. The van der Waals surface area contributed by atoms with E-state index >= 15 is 0 Å². The van der Waals surface area contributed by atoms with Crippen molar-refractivity contribution in [2.75, 3.05) is 12.4 Å². The van der Waals surface area contributed by atoms with Crippen molar-refractivity contribution in [3.63, 3.8) is 0 Å². The van der Waals surface area contributed by atoms with E-state index in [1.165, 1.54) is 17.7 Å². The van der Waals surface area contributed by atoms with Gasteiger partial charge in [-0.05, 0) is 64.6 Å². The SMILES string of the molecule is Cc1ccc(CN(C)[C@H](C)C(=O)Nc2ccc(S(=O)(=O)NC(C)C)cc2)cc1. The van der Waals surface area contributed by atoms with Crippen molar-refractivity contribution >= 4 is 21.6 Å². The van der Waals surface area contributed by atoms with Crippen molar-refractivity contribution in [1.29, 1.82) is 0 Å². The zero-order valence-corrected chi connectivity index (χ0v) is 17.9. The maximum atomic E-state index is 12.5. The molecule has 2 N–H and O–H groups in total. The van der Waals surface area contributed by atoms with E-state index in [0.717, 1.165) is 5.56 Å². The summed E-state index contributed by atoms with van der Waals surface area (Å²) in [5.41, 5.74) is 2.90. The highest BCUT2D eigenvalue weighted by Gasteiger charge is 2.19. The van der Waals surface area contributed by atoms with Gasteiger partial charge in [-0.3, -0.25) is 9.69 Å². The van der Waals surface area contributed by atoms with Crippen LogP contribution in [0.15, 0.2) is 53.4 Å². The molecule has 2 aromatic rings. The number of sulfonamides is 1. The number of carbonyl (C=O) groups is 1. The van der Waals surface area contributed by atoms with Crippen molar-refractivity contribution < 1.29 is 13.2 Å². The molecule has 28 heavy (non-hydrogen) atoms. The van der Waals surface area contributed by atoms with Crippen molar-refractivity contribution in [3.8, 4) is 0 Å². The van der Waals surface area contributed by atoms with Crippen LogP contribution in [-0.4, -0.2) is 38.4 Å². The molecular weight excluding hydrogens is 374 g/mol. The number of hydrogen-bond acceptors (Lipinski definition) is 4. The number of rotatable bonds is 8. The average Bonchev–Trinajstić information content (AvgIpc) is 2.62. The van der Waals surface area contributed by atoms with Crippen LogP contribution in [0.25, 0.3) is 0 Å². The quantitative estimate of drug-likeness (QED) is 0.710. The lowest BCUT2D eigenvalue weighted by molar-refractivity contribution is -0.120. The summed E-state index contributed by atoms with van der Waals surface area (Å²) >= 11 is 0. The van der Waals surface area contributed by atoms with Crippen LogP contribution in [-0.2, 0) is 21.4 Å². The number of amides is 1. The van der Waals surface area contributed by atoms with E-state index in [1.807, 2.05) is 25.8 Å². The molecule has 0 fully saturated rings. The second-order valence-electron chi connectivity index (χ2n) is 7.37. The maximum Gasteiger partial charge on any atom is 0.241 e. The average molecular weight is 404 g/mol. The fourth-order valence-corrected chi connectivity index (χ4v) is 3.91. The van der Waals surface area contributed by atoms with Gasteiger partial charge in [0.1, 0.15) is 0 Å². The third-order valence-electron chi connectivity index (χ3n) is 4.42. The van der Waals surface area contributed by atoms with Gasteiger partial charge in [0.25, 0.3) is 0 Å². The van der Waals surface area contributed by atoms with Crippen molar-refractivity contribution in [1.82, 2.24) is 9.62 Å². The van der Waals surface area contributed by atoms with Crippen LogP contribution in [0.1, 0.15) is 31.9 Å². The van der Waals surface area contributed by atoms with E-state index in [4.69, 9.17) is 0 Å². The Morgan fingerprint density at radius 3 is 2.11 bits per heavy atom. The second-order valence-corrected chi connectivity index (χ2v) is 9.08. The lowest BCUT2D eigenvalue weighted by Crippen LogP contribution is -2.39. The Bertz CT molecular complexity index is 891. The summed E-state index contributed by atoms with van der Waals surface area (Å²) in [6.45, 7) is 8.07. The Hall–Kier alpha value is -2.22. The Labute approximate surface area is 168 Å². The molecule has 0 radical (unpaired) electrons. The molecule has 0 spiro atoms. The van der Waals surface area contributed by atoms with Gasteiger partial charge in [0.2, 0.25) is 15.9 Å². The predicted octanol–water partition coefficient (Wildman–Crippen LogP) is 3.14. The first kappa shape index (κ1) is 22.1. The Morgan fingerprint density at radius 2 is 1.57 bits per heavy atom. The van der Waals surface area contributed by atoms with Crippen LogP contribution in [0.3, 0.4) is 0 Å². The number of hydrogen-bond donors (Lipinski definition) is 2. The lowest BCUT2D eigenvalue weighted by Gasteiger charge is -2.24. The second kappa shape index (κ2) is 9.32. The summed E-state index contributed by atoms with van der Waals surface area (Å²) in [6, 6.07) is 13.9. The minimum Gasteiger partial charge on any atom is -0.325 e. The topological polar surface area (TPSA) is 78.5 Å².